The summed E-state index contributed by atoms with van der Waals surface area (Å²) in [5.41, 5.74) is 0. The molecule has 0 aliphatic heterocycles. The van der Waals surface area contributed by atoms with Crippen molar-refractivity contribution < 1.29 is 15.0 Å². The number of aliphatic hydroxyl groups excluding tert-OH is 1. The van der Waals surface area contributed by atoms with E-state index in [1.807, 2.05) is 0 Å². The van der Waals surface area contributed by atoms with Crippen LogP contribution in [-0.2, 0) is 4.79 Å². The molecule has 0 amide bonds. The highest BCUT2D eigenvalue weighted by Crippen LogP contribution is 2.54. The van der Waals surface area contributed by atoms with E-state index in [-0.39, 0.29) is 6.10 Å². The van der Waals surface area contributed by atoms with Crippen LogP contribution in [0.15, 0.2) is 12.2 Å². The minimum absolute atomic E-state index is 0.230. The second-order valence-corrected chi connectivity index (χ2v) is 9.19. The zero-order chi connectivity index (χ0) is 18.4. The Balaban J connectivity index is 1.44. The van der Waals surface area contributed by atoms with Crippen molar-refractivity contribution in [3.8, 4) is 0 Å². The normalized spacial score (nSPS) is 33.1. The molecule has 2 bridgehead atoms. The fraction of sp³-hybridized carbons (Fsp3) is 0.870. The maximum Gasteiger partial charge on any atom is 0.303 e. The lowest BCUT2D eigenvalue weighted by Crippen LogP contribution is -2.23. The highest BCUT2D eigenvalue weighted by atomic mass is 16.4. The van der Waals surface area contributed by atoms with Gasteiger partial charge in [0.15, 0.2) is 0 Å². The standard InChI is InChI=1S/C23H38O3/c24-22(17-8-4-3-5-9-17)15-14-21-19-13-12-18(16-19)20(21)10-6-1-2-7-11-23(25)26/h14-15,17-22,24H,1-13,16H2,(H,25,26)/t18-,19+,20-,21+,22?/m0/s1. The van der Waals surface area contributed by atoms with Crippen molar-refractivity contribution in [2.24, 2.45) is 29.6 Å². The van der Waals surface area contributed by atoms with Crippen LogP contribution in [0, 0.1) is 29.6 Å². The summed E-state index contributed by atoms with van der Waals surface area (Å²) in [6.07, 6.45) is 20.7. The minimum atomic E-state index is -0.667. The van der Waals surface area contributed by atoms with E-state index < -0.39 is 5.97 Å². The highest BCUT2D eigenvalue weighted by Gasteiger charge is 2.45. The number of fused-ring (bicyclic) bond motifs is 2. The molecule has 2 N–H and O–H groups in total. The molecule has 3 saturated carbocycles. The van der Waals surface area contributed by atoms with Gasteiger partial charge in [0.1, 0.15) is 0 Å². The SMILES string of the molecule is O=C(O)CCCCCC[C@H]1[C@H]2CC[C@H](C2)[C@H]1C=CC(O)C1CCCCC1. The van der Waals surface area contributed by atoms with Crippen molar-refractivity contribution in [3.63, 3.8) is 0 Å². The lowest BCUT2D eigenvalue weighted by molar-refractivity contribution is -0.137. The Kier molecular flexibility index (Phi) is 7.60. The van der Waals surface area contributed by atoms with Crippen LogP contribution in [0.3, 0.4) is 0 Å². The van der Waals surface area contributed by atoms with Crippen LogP contribution in [0.5, 0.6) is 0 Å². The molecule has 5 atom stereocenters. The number of hydrogen-bond acceptors (Lipinski definition) is 2. The molecule has 3 nitrogen and oxygen atoms in total. The van der Waals surface area contributed by atoms with Crippen molar-refractivity contribution in [2.45, 2.75) is 96.0 Å². The Labute approximate surface area is 159 Å². The van der Waals surface area contributed by atoms with E-state index in [1.165, 1.54) is 70.6 Å². The number of rotatable bonds is 10. The Morgan fingerprint density at radius 2 is 1.69 bits per heavy atom. The zero-order valence-electron chi connectivity index (χ0n) is 16.3. The monoisotopic (exact) mass is 362 g/mol. The third kappa shape index (κ3) is 5.34. The van der Waals surface area contributed by atoms with Crippen LogP contribution in [-0.4, -0.2) is 22.3 Å². The number of hydrogen-bond donors (Lipinski definition) is 2. The van der Waals surface area contributed by atoms with Crippen LogP contribution in [0.25, 0.3) is 0 Å². The smallest absolute Gasteiger partial charge is 0.303 e. The average molecular weight is 363 g/mol. The van der Waals surface area contributed by atoms with Crippen molar-refractivity contribution in [1.82, 2.24) is 0 Å². The van der Waals surface area contributed by atoms with Gasteiger partial charge in [-0.15, -0.1) is 0 Å². The molecule has 3 heteroatoms. The van der Waals surface area contributed by atoms with E-state index in [1.54, 1.807) is 0 Å². The van der Waals surface area contributed by atoms with Gasteiger partial charge in [-0.1, -0.05) is 50.7 Å². The van der Waals surface area contributed by atoms with Crippen LogP contribution < -0.4 is 0 Å². The van der Waals surface area contributed by atoms with Crippen molar-refractivity contribution in [3.05, 3.63) is 12.2 Å². The molecule has 3 fully saturated rings. The number of carbonyl (C=O) groups is 1. The fourth-order valence-corrected chi connectivity index (χ4v) is 6.07. The largest absolute Gasteiger partial charge is 0.481 e. The van der Waals surface area contributed by atoms with Gasteiger partial charge in [-0.25, -0.2) is 0 Å². The van der Waals surface area contributed by atoms with Crippen LogP contribution in [0.2, 0.25) is 0 Å². The lowest BCUT2D eigenvalue weighted by atomic mass is 9.76. The van der Waals surface area contributed by atoms with E-state index in [2.05, 4.69) is 12.2 Å². The first-order valence-electron chi connectivity index (χ1n) is 11.2. The summed E-state index contributed by atoms with van der Waals surface area (Å²) < 4.78 is 0. The van der Waals surface area contributed by atoms with E-state index in [0.717, 1.165) is 30.6 Å². The van der Waals surface area contributed by atoms with Gasteiger partial charge < -0.3 is 10.2 Å². The Morgan fingerprint density at radius 3 is 2.46 bits per heavy atom. The maximum atomic E-state index is 10.6. The fourth-order valence-electron chi connectivity index (χ4n) is 6.07. The first-order chi connectivity index (χ1) is 12.6. The molecule has 3 aliphatic carbocycles. The predicted octanol–water partition coefficient (Wildman–Crippen LogP) is 5.57. The van der Waals surface area contributed by atoms with Gasteiger partial charge in [-0.05, 0) is 74.5 Å². The average Bonchev–Trinajstić information content (AvgIpc) is 3.24. The predicted molar refractivity (Wildman–Crippen MR) is 105 cm³/mol. The minimum Gasteiger partial charge on any atom is -0.481 e. The second-order valence-electron chi connectivity index (χ2n) is 9.19. The van der Waals surface area contributed by atoms with Gasteiger partial charge in [0.2, 0.25) is 0 Å². The summed E-state index contributed by atoms with van der Waals surface area (Å²) in [5.74, 6) is 3.08. The Bertz CT molecular complexity index is 466. The van der Waals surface area contributed by atoms with Gasteiger partial charge in [-0.3, -0.25) is 4.79 Å². The van der Waals surface area contributed by atoms with Crippen LogP contribution in [0.4, 0.5) is 0 Å². The van der Waals surface area contributed by atoms with E-state index >= 15 is 0 Å². The van der Waals surface area contributed by atoms with Crippen molar-refractivity contribution in [1.29, 1.82) is 0 Å². The number of carboxylic acid groups (broad SMARTS) is 1. The van der Waals surface area contributed by atoms with Gasteiger partial charge in [0.25, 0.3) is 0 Å². The highest BCUT2D eigenvalue weighted by molar-refractivity contribution is 5.66. The molecule has 3 aliphatic rings. The topological polar surface area (TPSA) is 57.5 Å². The molecule has 0 saturated heterocycles. The number of allylic oxidation sites excluding steroid dienone is 1. The molecule has 0 heterocycles. The quantitative estimate of drug-likeness (QED) is 0.394. The molecular weight excluding hydrogens is 324 g/mol. The Hall–Kier alpha value is -0.830. The summed E-state index contributed by atoms with van der Waals surface area (Å²) in [6.45, 7) is 0. The number of aliphatic carboxylic acids is 1. The number of carboxylic acids is 1. The molecule has 0 radical (unpaired) electrons. The van der Waals surface area contributed by atoms with E-state index in [9.17, 15) is 9.90 Å². The molecule has 0 aromatic heterocycles. The molecule has 1 unspecified atom stereocenters. The van der Waals surface area contributed by atoms with Gasteiger partial charge in [-0.2, -0.15) is 0 Å². The molecule has 26 heavy (non-hydrogen) atoms. The lowest BCUT2D eigenvalue weighted by Gasteiger charge is -2.30. The van der Waals surface area contributed by atoms with Gasteiger partial charge in [0, 0.05) is 6.42 Å². The van der Waals surface area contributed by atoms with Crippen LogP contribution in [0.1, 0.15) is 89.9 Å². The second kappa shape index (κ2) is 9.92. The summed E-state index contributed by atoms with van der Waals surface area (Å²) in [4.78, 5) is 10.6. The molecule has 0 aromatic carbocycles. The Morgan fingerprint density at radius 1 is 0.962 bits per heavy atom. The third-order valence-corrected chi connectivity index (χ3v) is 7.50. The summed E-state index contributed by atoms with van der Waals surface area (Å²) >= 11 is 0. The first kappa shape index (κ1) is 19.9. The summed E-state index contributed by atoms with van der Waals surface area (Å²) in [7, 11) is 0. The maximum absolute atomic E-state index is 10.6. The molecule has 0 aromatic rings. The molecule has 3 rings (SSSR count). The van der Waals surface area contributed by atoms with E-state index in [4.69, 9.17) is 5.11 Å². The molecular formula is C23H38O3. The van der Waals surface area contributed by atoms with Gasteiger partial charge >= 0.3 is 5.97 Å². The van der Waals surface area contributed by atoms with Crippen molar-refractivity contribution in [2.75, 3.05) is 0 Å². The van der Waals surface area contributed by atoms with Gasteiger partial charge in [0.05, 0.1) is 6.10 Å². The number of unbranched alkanes of at least 4 members (excludes halogenated alkanes) is 3. The first-order valence-corrected chi connectivity index (χ1v) is 11.2. The molecule has 0 spiro atoms. The number of aliphatic hydroxyl groups is 1. The van der Waals surface area contributed by atoms with Crippen LogP contribution >= 0.6 is 0 Å². The third-order valence-electron chi connectivity index (χ3n) is 7.50. The molecule has 148 valence electrons. The zero-order valence-corrected chi connectivity index (χ0v) is 16.3. The summed E-state index contributed by atoms with van der Waals surface area (Å²) in [6, 6.07) is 0. The van der Waals surface area contributed by atoms with E-state index in [0.29, 0.717) is 18.3 Å². The summed E-state index contributed by atoms with van der Waals surface area (Å²) in [5, 5.41) is 19.3. The van der Waals surface area contributed by atoms with Crippen molar-refractivity contribution >= 4 is 5.97 Å².